The number of benzene rings is 1. The van der Waals surface area contributed by atoms with E-state index in [-0.39, 0.29) is 11.8 Å². The third-order valence-corrected chi connectivity index (χ3v) is 4.89. The van der Waals surface area contributed by atoms with Gasteiger partial charge in [0, 0.05) is 23.5 Å². The molecule has 21 heavy (non-hydrogen) atoms. The molecule has 1 N–H and O–H groups in total. The normalized spacial score (nSPS) is 19.5. The number of likely N-dealkylation sites (tertiary alicyclic amines) is 1. The van der Waals surface area contributed by atoms with Crippen LogP contribution in [0, 0.1) is 11.8 Å². The number of carbonyl (C=O) groups is 2. The highest BCUT2D eigenvalue weighted by Crippen LogP contribution is 2.25. The molecule has 0 spiro atoms. The summed E-state index contributed by atoms with van der Waals surface area (Å²) in [5.74, 6) is -1.22. The lowest BCUT2D eigenvalue weighted by Gasteiger charge is -2.23. The summed E-state index contributed by atoms with van der Waals surface area (Å²) in [6.45, 7) is 2.91. The van der Waals surface area contributed by atoms with E-state index in [1.165, 1.54) is 0 Å². The zero-order valence-electron chi connectivity index (χ0n) is 12.1. The topological polar surface area (TPSA) is 57.6 Å². The van der Waals surface area contributed by atoms with Crippen molar-refractivity contribution < 1.29 is 14.7 Å². The molecular formula is C16H20BrNO3. The van der Waals surface area contributed by atoms with Crippen molar-refractivity contribution in [2.45, 2.75) is 26.2 Å². The van der Waals surface area contributed by atoms with Crippen LogP contribution in [0.15, 0.2) is 28.7 Å². The molecule has 0 aromatic heterocycles. The van der Waals surface area contributed by atoms with Crippen LogP contribution in [0.25, 0.3) is 0 Å². The summed E-state index contributed by atoms with van der Waals surface area (Å²) in [6.07, 6.45) is 2.01. The minimum absolute atomic E-state index is 0.0806. The van der Waals surface area contributed by atoms with Crippen molar-refractivity contribution >= 4 is 27.8 Å². The monoisotopic (exact) mass is 353 g/mol. The van der Waals surface area contributed by atoms with Crippen molar-refractivity contribution in [3.63, 3.8) is 0 Å². The first kappa shape index (κ1) is 16.0. The Morgan fingerprint density at radius 2 is 2.14 bits per heavy atom. The number of amides is 1. The summed E-state index contributed by atoms with van der Waals surface area (Å²) in [5.41, 5.74) is 1.12. The van der Waals surface area contributed by atoms with Crippen LogP contribution in [0.5, 0.6) is 0 Å². The van der Waals surface area contributed by atoms with Gasteiger partial charge in [-0.2, -0.15) is 0 Å². The van der Waals surface area contributed by atoms with Crippen LogP contribution < -0.4 is 0 Å². The Morgan fingerprint density at radius 1 is 1.43 bits per heavy atom. The highest BCUT2D eigenvalue weighted by Gasteiger charge is 2.33. The van der Waals surface area contributed by atoms with Crippen molar-refractivity contribution in [3.8, 4) is 0 Å². The number of rotatable bonds is 5. The summed E-state index contributed by atoms with van der Waals surface area (Å²) in [4.78, 5) is 25.3. The van der Waals surface area contributed by atoms with Crippen molar-refractivity contribution in [3.05, 3.63) is 34.3 Å². The second-order valence-electron chi connectivity index (χ2n) is 5.51. The predicted octanol–water partition coefficient (Wildman–Crippen LogP) is 2.95. The molecule has 2 atom stereocenters. The van der Waals surface area contributed by atoms with Crippen LogP contribution >= 0.6 is 15.9 Å². The van der Waals surface area contributed by atoms with Crippen LogP contribution in [-0.2, 0) is 16.0 Å². The van der Waals surface area contributed by atoms with Gasteiger partial charge in [0.05, 0.1) is 5.92 Å². The molecule has 4 nitrogen and oxygen atoms in total. The second kappa shape index (κ2) is 7.07. The van der Waals surface area contributed by atoms with E-state index < -0.39 is 11.9 Å². The number of hydrogen-bond acceptors (Lipinski definition) is 2. The zero-order chi connectivity index (χ0) is 15.4. The minimum atomic E-state index is -0.802. The lowest BCUT2D eigenvalue weighted by molar-refractivity contribution is -0.141. The van der Waals surface area contributed by atoms with E-state index in [0.29, 0.717) is 25.9 Å². The Balaban J connectivity index is 2.03. The van der Waals surface area contributed by atoms with Crippen LogP contribution in [-0.4, -0.2) is 35.0 Å². The van der Waals surface area contributed by atoms with E-state index in [1.54, 1.807) is 4.90 Å². The molecule has 114 valence electrons. The average Bonchev–Trinajstić information content (AvgIpc) is 2.96. The molecule has 1 aromatic carbocycles. The quantitative estimate of drug-likeness (QED) is 0.885. The molecule has 0 saturated carbocycles. The Kier molecular flexibility index (Phi) is 5.39. The highest BCUT2D eigenvalue weighted by molar-refractivity contribution is 9.10. The summed E-state index contributed by atoms with van der Waals surface area (Å²) < 4.78 is 1.01. The van der Waals surface area contributed by atoms with Gasteiger partial charge in [0.1, 0.15) is 0 Å². The molecule has 1 aliphatic rings. The van der Waals surface area contributed by atoms with E-state index in [4.69, 9.17) is 5.11 Å². The average molecular weight is 354 g/mol. The maximum atomic E-state index is 12.6. The highest BCUT2D eigenvalue weighted by atomic mass is 79.9. The van der Waals surface area contributed by atoms with E-state index in [0.717, 1.165) is 16.5 Å². The smallest absolute Gasteiger partial charge is 0.308 e. The molecular weight excluding hydrogens is 334 g/mol. The SMILES string of the molecule is CC[C@@H](Cc1ccccc1Br)C(=O)N1CC[C@H](C(=O)O)C1. The number of carboxylic acids is 1. The minimum Gasteiger partial charge on any atom is -0.481 e. The summed E-state index contributed by atoms with van der Waals surface area (Å²) in [6, 6.07) is 7.91. The fourth-order valence-corrected chi connectivity index (χ4v) is 3.20. The van der Waals surface area contributed by atoms with E-state index in [9.17, 15) is 9.59 Å². The Morgan fingerprint density at radius 3 is 2.71 bits per heavy atom. The number of hydrogen-bond donors (Lipinski definition) is 1. The fourth-order valence-electron chi connectivity index (χ4n) is 2.76. The summed E-state index contributed by atoms with van der Waals surface area (Å²) in [7, 11) is 0. The lowest BCUT2D eigenvalue weighted by Crippen LogP contribution is -2.35. The molecule has 5 heteroatoms. The standard InChI is InChI=1S/C16H20BrNO3/c1-2-11(9-12-5-3-4-6-14(12)17)15(19)18-8-7-13(10-18)16(20)21/h3-6,11,13H,2,7-10H2,1H3,(H,20,21)/t11-,13-/m0/s1. The third kappa shape index (κ3) is 3.84. The molecule has 1 saturated heterocycles. The summed E-state index contributed by atoms with van der Waals surface area (Å²) >= 11 is 3.51. The molecule has 1 amide bonds. The van der Waals surface area contributed by atoms with Crippen LogP contribution in [0.4, 0.5) is 0 Å². The van der Waals surface area contributed by atoms with Crippen molar-refractivity contribution in [2.24, 2.45) is 11.8 Å². The van der Waals surface area contributed by atoms with Gasteiger partial charge in [0.15, 0.2) is 0 Å². The molecule has 1 aromatic rings. The van der Waals surface area contributed by atoms with E-state index >= 15 is 0 Å². The lowest BCUT2D eigenvalue weighted by atomic mass is 9.95. The zero-order valence-corrected chi connectivity index (χ0v) is 13.7. The van der Waals surface area contributed by atoms with E-state index in [1.807, 2.05) is 31.2 Å². The number of carboxylic acid groups (broad SMARTS) is 1. The number of nitrogens with zero attached hydrogens (tertiary/aromatic N) is 1. The summed E-state index contributed by atoms with van der Waals surface area (Å²) in [5, 5.41) is 9.04. The number of aliphatic carboxylic acids is 1. The molecule has 1 fully saturated rings. The Hall–Kier alpha value is -1.36. The van der Waals surface area contributed by atoms with Crippen LogP contribution in [0.1, 0.15) is 25.3 Å². The molecule has 1 heterocycles. The van der Waals surface area contributed by atoms with Gasteiger partial charge < -0.3 is 10.0 Å². The molecule has 0 aliphatic carbocycles. The third-order valence-electron chi connectivity index (χ3n) is 4.12. The molecule has 0 radical (unpaired) electrons. The maximum Gasteiger partial charge on any atom is 0.308 e. The van der Waals surface area contributed by atoms with Crippen molar-refractivity contribution in [1.29, 1.82) is 0 Å². The van der Waals surface area contributed by atoms with E-state index in [2.05, 4.69) is 15.9 Å². The van der Waals surface area contributed by atoms with Gasteiger partial charge in [-0.25, -0.2) is 0 Å². The maximum absolute atomic E-state index is 12.6. The number of halogens is 1. The van der Waals surface area contributed by atoms with Crippen LogP contribution in [0.3, 0.4) is 0 Å². The van der Waals surface area contributed by atoms with Crippen LogP contribution in [0.2, 0.25) is 0 Å². The first-order valence-corrected chi connectivity index (χ1v) is 8.07. The van der Waals surface area contributed by atoms with Crippen molar-refractivity contribution in [2.75, 3.05) is 13.1 Å². The van der Waals surface area contributed by atoms with Gasteiger partial charge in [-0.05, 0) is 30.9 Å². The van der Waals surface area contributed by atoms with Gasteiger partial charge in [-0.1, -0.05) is 41.1 Å². The van der Waals surface area contributed by atoms with Gasteiger partial charge >= 0.3 is 5.97 Å². The molecule has 1 aliphatic heterocycles. The molecule has 0 bridgehead atoms. The van der Waals surface area contributed by atoms with Gasteiger partial charge in [-0.15, -0.1) is 0 Å². The Bertz CT molecular complexity index is 532. The molecule has 2 rings (SSSR count). The first-order chi connectivity index (χ1) is 10.0. The molecule has 0 unspecified atom stereocenters. The largest absolute Gasteiger partial charge is 0.481 e. The fraction of sp³-hybridized carbons (Fsp3) is 0.500. The van der Waals surface area contributed by atoms with Crippen molar-refractivity contribution in [1.82, 2.24) is 4.90 Å². The second-order valence-corrected chi connectivity index (χ2v) is 6.36. The first-order valence-electron chi connectivity index (χ1n) is 7.28. The van der Waals surface area contributed by atoms with Gasteiger partial charge in [0.25, 0.3) is 0 Å². The Labute approximate surface area is 133 Å². The van der Waals surface area contributed by atoms with Gasteiger partial charge in [0.2, 0.25) is 5.91 Å². The predicted molar refractivity (Wildman–Crippen MR) is 83.9 cm³/mol. The number of carbonyl (C=O) groups excluding carboxylic acids is 1. The van der Waals surface area contributed by atoms with Gasteiger partial charge in [-0.3, -0.25) is 9.59 Å².